The maximum atomic E-state index is 5.64. The molecule has 1 aliphatic heterocycles. The molecule has 0 amide bonds. The second kappa shape index (κ2) is 5.83. The summed E-state index contributed by atoms with van der Waals surface area (Å²) in [6, 6.07) is 2.10. The van der Waals surface area contributed by atoms with Crippen LogP contribution in [0, 0.1) is 0 Å². The first-order chi connectivity index (χ1) is 9.85. The van der Waals surface area contributed by atoms with Crippen LogP contribution in [0.2, 0.25) is 0 Å². The Labute approximate surface area is 116 Å². The summed E-state index contributed by atoms with van der Waals surface area (Å²) in [7, 11) is 0. The predicted octanol–water partition coefficient (Wildman–Crippen LogP) is 0.657. The minimum absolute atomic E-state index is 0.0156. The summed E-state index contributed by atoms with van der Waals surface area (Å²) >= 11 is 0. The summed E-state index contributed by atoms with van der Waals surface area (Å²) in [5.74, 6) is 0.918. The number of nitrogens with zero attached hydrogens (tertiary/aromatic N) is 5. The fourth-order valence-corrected chi connectivity index (χ4v) is 1.64. The Bertz CT molecular complexity index is 555. The van der Waals surface area contributed by atoms with Gasteiger partial charge in [0.15, 0.2) is 0 Å². The van der Waals surface area contributed by atoms with E-state index in [0.717, 1.165) is 13.0 Å². The summed E-state index contributed by atoms with van der Waals surface area (Å²) in [6.07, 6.45) is 4.44. The molecule has 106 valence electrons. The molecule has 20 heavy (non-hydrogen) atoms. The van der Waals surface area contributed by atoms with Crippen molar-refractivity contribution in [1.82, 2.24) is 24.7 Å². The lowest BCUT2D eigenvalue weighted by Gasteiger charge is -2.25. The maximum absolute atomic E-state index is 5.64. The molecule has 0 bridgehead atoms. The minimum atomic E-state index is 0.0156. The Morgan fingerprint density at radius 3 is 2.95 bits per heavy atom. The van der Waals surface area contributed by atoms with Crippen LogP contribution in [0.15, 0.2) is 18.5 Å². The quantitative estimate of drug-likeness (QED) is 0.829. The van der Waals surface area contributed by atoms with E-state index in [2.05, 4.69) is 32.3 Å². The molecule has 3 rings (SSSR count). The highest BCUT2D eigenvalue weighted by atomic mass is 16.6. The minimum Gasteiger partial charge on any atom is -0.455 e. The Kier molecular flexibility index (Phi) is 3.73. The van der Waals surface area contributed by atoms with Crippen LogP contribution in [0.5, 0.6) is 6.01 Å². The van der Waals surface area contributed by atoms with Gasteiger partial charge in [0, 0.05) is 18.9 Å². The van der Waals surface area contributed by atoms with Gasteiger partial charge in [0.1, 0.15) is 6.10 Å². The molecule has 8 nitrogen and oxygen atoms in total. The van der Waals surface area contributed by atoms with Crippen LogP contribution in [0.3, 0.4) is 0 Å². The van der Waals surface area contributed by atoms with Crippen molar-refractivity contribution in [2.75, 3.05) is 25.1 Å². The molecule has 1 N–H and O–H groups in total. The largest absolute Gasteiger partial charge is 0.455 e. The first-order valence-electron chi connectivity index (χ1n) is 6.59. The van der Waals surface area contributed by atoms with E-state index in [1.165, 1.54) is 0 Å². The number of hydrogen-bond donors (Lipinski definition) is 1. The molecular weight excluding hydrogens is 260 g/mol. The third-order valence-electron chi connectivity index (χ3n) is 2.73. The lowest BCUT2D eigenvalue weighted by molar-refractivity contribution is -0.0831. The second-order valence-electron chi connectivity index (χ2n) is 4.40. The Balaban J connectivity index is 1.85. The monoisotopic (exact) mass is 276 g/mol. The molecule has 0 spiro atoms. The molecule has 1 fully saturated rings. The van der Waals surface area contributed by atoms with Crippen LogP contribution in [-0.2, 0) is 4.74 Å². The predicted molar refractivity (Wildman–Crippen MR) is 71.0 cm³/mol. The van der Waals surface area contributed by atoms with Crippen molar-refractivity contribution in [3.8, 4) is 12.0 Å². The van der Waals surface area contributed by atoms with Crippen LogP contribution < -0.4 is 10.1 Å². The SMILES string of the molecule is CCCNc1nc(OC2COC2)nc(-n2cccn2)n1. The third kappa shape index (κ3) is 2.85. The first-order valence-corrected chi connectivity index (χ1v) is 6.59. The van der Waals surface area contributed by atoms with Gasteiger partial charge in [-0.05, 0) is 12.5 Å². The molecule has 0 saturated carbocycles. The molecule has 0 aliphatic carbocycles. The standard InChI is InChI=1S/C12H16N6O2/c1-2-4-13-10-15-11(18-6-3-5-14-18)17-12(16-10)20-9-7-19-8-9/h3,5-6,9H,2,4,7-8H2,1H3,(H,13,15,16,17). The fraction of sp³-hybridized carbons (Fsp3) is 0.500. The van der Waals surface area contributed by atoms with Gasteiger partial charge in [0.2, 0.25) is 5.95 Å². The zero-order chi connectivity index (χ0) is 13.8. The van der Waals surface area contributed by atoms with Gasteiger partial charge in [-0.2, -0.15) is 20.1 Å². The van der Waals surface area contributed by atoms with Crippen molar-refractivity contribution in [3.63, 3.8) is 0 Å². The molecule has 2 aromatic heterocycles. The Morgan fingerprint density at radius 2 is 2.30 bits per heavy atom. The molecule has 8 heteroatoms. The zero-order valence-electron chi connectivity index (χ0n) is 11.2. The smallest absolute Gasteiger partial charge is 0.323 e. The van der Waals surface area contributed by atoms with Gasteiger partial charge in [-0.3, -0.25) is 0 Å². The molecule has 0 unspecified atom stereocenters. The van der Waals surface area contributed by atoms with Gasteiger partial charge in [0.05, 0.1) is 13.2 Å². The summed E-state index contributed by atoms with van der Waals surface area (Å²) in [6.45, 7) is 4.00. The molecule has 1 saturated heterocycles. The summed E-state index contributed by atoms with van der Waals surface area (Å²) in [5, 5.41) is 7.25. The van der Waals surface area contributed by atoms with Gasteiger partial charge in [-0.15, -0.1) is 0 Å². The van der Waals surface area contributed by atoms with Crippen molar-refractivity contribution >= 4 is 5.95 Å². The van der Waals surface area contributed by atoms with Crippen molar-refractivity contribution in [2.24, 2.45) is 0 Å². The van der Waals surface area contributed by atoms with Gasteiger partial charge < -0.3 is 14.8 Å². The van der Waals surface area contributed by atoms with E-state index in [1.54, 1.807) is 17.1 Å². The van der Waals surface area contributed by atoms with Crippen LogP contribution in [0.25, 0.3) is 5.95 Å². The molecule has 2 aromatic rings. The van der Waals surface area contributed by atoms with Crippen LogP contribution >= 0.6 is 0 Å². The highest BCUT2D eigenvalue weighted by Crippen LogP contribution is 2.14. The number of ether oxygens (including phenoxy) is 2. The number of rotatable bonds is 6. The van der Waals surface area contributed by atoms with Crippen molar-refractivity contribution in [1.29, 1.82) is 0 Å². The highest BCUT2D eigenvalue weighted by Gasteiger charge is 2.22. The molecule has 0 atom stereocenters. The zero-order valence-corrected chi connectivity index (χ0v) is 11.2. The van der Waals surface area contributed by atoms with Crippen LogP contribution in [0.4, 0.5) is 5.95 Å². The molecule has 0 aromatic carbocycles. The van der Waals surface area contributed by atoms with E-state index >= 15 is 0 Å². The van der Waals surface area contributed by atoms with Crippen molar-refractivity contribution < 1.29 is 9.47 Å². The van der Waals surface area contributed by atoms with Crippen LogP contribution in [-0.4, -0.2) is 50.6 Å². The highest BCUT2D eigenvalue weighted by molar-refractivity contribution is 5.30. The number of aromatic nitrogens is 5. The van der Waals surface area contributed by atoms with E-state index in [9.17, 15) is 0 Å². The fourth-order valence-electron chi connectivity index (χ4n) is 1.64. The second-order valence-corrected chi connectivity index (χ2v) is 4.40. The van der Waals surface area contributed by atoms with Gasteiger partial charge in [-0.1, -0.05) is 6.92 Å². The number of hydrogen-bond acceptors (Lipinski definition) is 7. The molecular formula is C12H16N6O2. The number of nitrogens with one attached hydrogen (secondary N) is 1. The summed E-state index contributed by atoms with van der Waals surface area (Å²) in [4.78, 5) is 12.8. The maximum Gasteiger partial charge on any atom is 0.323 e. The Morgan fingerprint density at radius 1 is 1.40 bits per heavy atom. The topological polar surface area (TPSA) is 87.0 Å². The Hall–Kier alpha value is -2.22. The molecule has 3 heterocycles. The van der Waals surface area contributed by atoms with E-state index in [-0.39, 0.29) is 12.1 Å². The van der Waals surface area contributed by atoms with Crippen molar-refractivity contribution in [3.05, 3.63) is 18.5 Å². The van der Waals surface area contributed by atoms with Gasteiger partial charge >= 0.3 is 6.01 Å². The average Bonchev–Trinajstić information content (AvgIpc) is 2.94. The normalized spacial score (nSPS) is 14.8. The van der Waals surface area contributed by atoms with E-state index in [4.69, 9.17) is 9.47 Å². The average molecular weight is 276 g/mol. The van der Waals surface area contributed by atoms with Crippen molar-refractivity contribution in [2.45, 2.75) is 19.4 Å². The lowest BCUT2D eigenvalue weighted by atomic mass is 10.3. The lowest BCUT2D eigenvalue weighted by Crippen LogP contribution is -2.39. The first kappa shape index (κ1) is 12.8. The summed E-state index contributed by atoms with van der Waals surface area (Å²) in [5.41, 5.74) is 0. The molecule has 0 radical (unpaired) electrons. The van der Waals surface area contributed by atoms with E-state index in [1.807, 2.05) is 6.07 Å². The van der Waals surface area contributed by atoms with E-state index < -0.39 is 0 Å². The summed E-state index contributed by atoms with van der Waals surface area (Å²) < 4.78 is 12.3. The van der Waals surface area contributed by atoms with E-state index in [0.29, 0.717) is 25.1 Å². The van der Waals surface area contributed by atoms with Gasteiger partial charge in [0.25, 0.3) is 5.95 Å². The van der Waals surface area contributed by atoms with Crippen LogP contribution in [0.1, 0.15) is 13.3 Å². The third-order valence-corrected chi connectivity index (χ3v) is 2.73. The number of anilines is 1. The van der Waals surface area contributed by atoms with Gasteiger partial charge in [-0.25, -0.2) is 4.68 Å². The molecule has 1 aliphatic rings.